The van der Waals surface area contributed by atoms with Gasteiger partial charge in [0.05, 0.1) is 13.1 Å². The fourth-order valence-electron chi connectivity index (χ4n) is 3.90. The Labute approximate surface area is 199 Å². The van der Waals surface area contributed by atoms with Crippen molar-refractivity contribution >= 4 is 23.5 Å². The molecule has 1 heterocycles. The Morgan fingerprint density at radius 3 is 2.29 bits per heavy atom. The van der Waals surface area contributed by atoms with Crippen molar-refractivity contribution < 1.29 is 23.5 Å². The number of hydrogen-bond acceptors (Lipinski definition) is 5. The van der Waals surface area contributed by atoms with Gasteiger partial charge in [0.1, 0.15) is 11.4 Å². The maximum absolute atomic E-state index is 14.8. The molecule has 0 unspecified atom stereocenters. The maximum atomic E-state index is 14.8. The summed E-state index contributed by atoms with van der Waals surface area (Å²) >= 11 is 0. The fourth-order valence-corrected chi connectivity index (χ4v) is 3.90. The molecular formula is C26H32FN3O4. The van der Waals surface area contributed by atoms with Crippen molar-refractivity contribution in [2.45, 2.75) is 45.8 Å². The van der Waals surface area contributed by atoms with Crippen LogP contribution in [0.5, 0.6) is 0 Å². The van der Waals surface area contributed by atoms with Crippen molar-refractivity contribution in [3.8, 4) is 0 Å². The number of Topliss-reactive ketones (excluding diaryl/α,β-unsaturated/α-hetero) is 1. The summed E-state index contributed by atoms with van der Waals surface area (Å²) in [4.78, 5) is 40.9. The van der Waals surface area contributed by atoms with Crippen molar-refractivity contribution in [2.75, 3.05) is 24.5 Å². The number of amides is 2. The second-order valence-electron chi connectivity index (χ2n) is 9.44. The van der Waals surface area contributed by atoms with Gasteiger partial charge in [-0.15, -0.1) is 0 Å². The van der Waals surface area contributed by atoms with E-state index in [1.165, 1.54) is 12.1 Å². The highest BCUT2D eigenvalue weighted by molar-refractivity contribution is 5.97. The van der Waals surface area contributed by atoms with E-state index < -0.39 is 11.4 Å². The largest absolute Gasteiger partial charge is 0.444 e. The summed E-state index contributed by atoms with van der Waals surface area (Å²) in [5.74, 6) is -1.34. The number of likely N-dealkylation sites (tertiary alicyclic amines) is 1. The average Bonchev–Trinajstić information content (AvgIpc) is 2.82. The predicted octanol–water partition coefficient (Wildman–Crippen LogP) is 4.15. The van der Waals surface area contributed by atoms with Gasteiger partial charge < -0.3 is 20.3 Å². The Balaban J connectivity index is 1.75. The number of hydrogen-bond donors (Lipinski definition) is 1. The van der Waals surface area contributed by atoms with Crippen molar-refractivity contribution in [3.63, 3.8) is 0 Å². The number of piperidine rings is 1. The third kappa shape index (κ3) is 6.41. The topological polar surface area (TPSA) is 92.9 Å². The molecule has 3 rings (SSSR count). The van der Waals surface area contributed by atoms with Gasteiger partial charge in [-0.2, -0.15) is 0 Å². The second kappa shape index (κ2) is 10.8. The van der Waals surface area contributed by atoms with Crippen LogP contribution in [0.3, 0.4) is 0 Å². The summed E-state index contributed by atoms with van der Waals surface area (Å²) in [6, 6.07) is 13.3. The van der Waals surface area contributed by atoms with Gasteiger partial charge in [0.2, 0.25) is 5.91 Å². The van der Waals surface area contributed by atoms with E-state index in [-0.39, 0.29) is 42.4 Å². The number of carbonyl (C=O) groups excluding carboxylic acids is 3. The minimum Gasteiger partial charge on any atom is -0.444 e. The lowest BCUT2D eigenvalue weighted by molar-refractivity contribution is -0.124. The van der Waals surface area contributed by atoms with Crippen LogP contribution < -0.4 is 10.6 Å². The zero-order valence-electron chi connectivity index (χ0n) is 19.9. The van der Waals surface area contributed by atoms with Crippen LogP contribution in [0.1, 0.15) is 49.5 Å². The minimum atomic E-state index is -0.581. The molecule has 0 bridgehead atoms. The van der Waals surface area contributed by atoms with E-state index in [4.69, 9.17) is 10.5 Å². The minimum absolute atomic E-state index is 0.0258. The Hall–Kier alpha value is -3.26. The summed E-state index contributed by atoms with van der Waals surface area (Å²) in [6.45, 7) is 6.10. The van der Waals surface area contributed by atoms with Gasteiger partial charge in [-0.05, 0) is 51.8 Å². The number of benzene rings is 2. The van der Waals surface area contributed by atoms with E-state index in [1.807, 2.05) is 39.0 Å². The second-order valence-corrected chi connectivity index (χ2v) is 9.44. The van der Waals surface area contributed by atoms with Crippen molar-refractivity contribution in [1.29, 1.82) is 0 Å². The molecule has 0 aromatic heterocycles. The molecule has 0 aliphatic carbocycles. The lowest BCUT2D eigenvalue weighted by Crippen LogP contribution is -2.45. The van der Waals surface area contributed by atoms with Crippen molar-refractivity contribution in [2.24, 2.45) is 11.7 Å². The van der Waals surface area contributed by atoms with Gasteiger partial charge in [0.15, 0.2) is 5.78 Å². The number of rotatable bonds is 6. The Kier molecular flexibility index (Phi) is 8.04. The molecule has 34 heavy (non-hydrogen) atoms. The first-order chi connectivity index (χ1) is 16.1. The first-order valence-electron chi connectivity index (χ1n) is 11.4. The zero-order chi connectivity index (χ0) is 24.9. The first kappa shape index (κ1) is 25.4. The van der Waals surface area contributed by atoms with E-state index >= 15 is 0 Å². The van der Waals surface area contributed by atoms with Crippen LogP contribution in [-0.2, 0) is 16.1 Å². The molecule has 0 radical (unpaired) electrons. The number of anilines is 1. The fraction of sp³-hybridized carbons (Fsp3) is 0.423. The van der Waals surface area contributed by atoms with Gasteiger partial charge >= 0.3 is 6.09 Å². The highest BCUT2D eigenvalue weighted by Gasteiger charge is 2.33. The van der Waals surface area contributed by atoms with Crippen LogP contribution in [0.15, 0.2) is 48.5 Å². The predicted molar refractivity (Wildman–Crippen MR) is 128 cm³/mol. The molecular weight excluding hydrogens is 437 g/mol. The third-order valence-corrected chi connectivity index (χ3v) is 5.72. The zero-order valence-corrected chi connectivity index (χ0v) is 19.9. The summed E-state index contributed by atoms with van der Waals surface area (Å²) in [5, 5.41) is 0. The smallest absolute Gasteiger partial charge is 0.410 e. The number of ether oxygens (including phenoxy) is 1. The molecule has 2 amide bonds. The van der Waals surface area contributed by atoms with Gasteiger partial charge in [0, 0.05) is 35.8 Å². The molecule has 0 atom stereocenters. The third-order valence-electron chi connectivity index (χ3n) is 5.72. The number of halogens is 1. The summed E-state index contributed by atoms with van der Waals surface area (Å²) < 4.78 is 20.2. The normalized spacial score (nSPS) is 14.6. The summed E-state index contributed by atoms with van der Waals surface area (Å²) in [6.07, 6.45) is 0.606. The molecule has 2 N–H and O–H groups in total. The molecule has 1 aliphatic rings. The van der Waals surface area contributed by atoms with E-state index in [1.54, 1.807) is 21.9 Å². The monoisotopic (exact) mass is 469 g/mol. The van der Waals surface area contributed by atoms with E-state index in [2.05, 4.69) is 0 Å². The molecule has 2 aromatic carbocycles. The van der Waals surface area contributed by atoms with Crippen LogP contribution in [0.2, 0.25) is 0 Å². The van der Waals surface area contributed by atoms with Gasteiger partial charge in [0.25, 0.3) is 0 Å². The van der Waals surface area contributed by atoms with Crippen LogP contribution in [-0.4, -0.2) is 47.9 Å². The number of para-hydroxylation sites is 1. The van der Waals surface area contributed by atoms with E-state index in [0.717, 1.165) is 6.07 Å². The lowest BCUT2D eigenvalue weighted by atomic mass is 9.94. The number of carbonyl (C=O) groups is 3. The van der Waals surface area contributed by atoms with Crippen LogP contribution >= 0.6 is 0 Å². The highest BCUT2D eigenvalue weighted by atomic mass is 19.1. The molecule has 1 saturated heterocycles. The summed E-state index contributed by atoms with van der Waals surface area (Å²) in [7, 11) is 0. The molecule has 7 nitrogen and oxygen atoms in total. The average molecular weight is 470 g/mol. The molecule has 1 fully saturated rings. The molecule has 2 aromatic rings. The van der Waals surface area contributed by atoms with E-state index in [9.17, 15) is 18.8 Å². The first-order valence-corrected chi connectivity index (χ1v) is 11.4. The van der Waals surface area contributed by atoms with Crippen molar-refractivity contribution in [3.05, 3.63) is 65.5 Å². The Bertz CT molecular complexity index is 1030. The number of nitrogens with zero attached hydrogens (tertiary/aromatic N) is 2. The molecule has 0 spiro atoms. The lowest BCUT2D eigenvalue weighted by Gasteiger charge is -2.35. The van der Waals surface area contributed by atoms with Gasteiger partial charge in [-0.3, -0.25) is 9.59 Å². The Morgan fingerprint density at radius 1 is 1.09 bits per heavy atom. The maximum Gasteiger partial charge on any atom is 0.410 e. The van der Waals surface area contributed by atoms with E-state index in [0.29, 0.717) is 37.2 Å². The molecule has 0 saturated carbocycles. The molecule has 182 valence electrons. The molecule has 1 aliphatic heterocycles. The number of ketones is 1. The SMILES string of the molecule is CC(C)(C)OC(=O)N1CCC(C(=O)N(Cc2ccc(C(=O)CN)cc2F)c2ccccc2)CC1. The summed E-state index contributed by atoms with van der Waals surface area (Å²) in [5.41, 5.74) is 5.95. The van der Waals surface area contributed by atoms with Gasteiger partial charge in [-0.1, -0.05) is 30.3 Å². The quantitative estimate of drug-likeness (QED) is 0.642. The highest BCUT2D eigenvalue weighted by Crippen LogP contribution is 2.27. The van der Waals surface area contributed by atoms with Crippen LogP contribution in [0, 0.1) is 11.7 Å². The standard InChI is InChI=1S/C26H32FN3O4/c1-26(2,3)34-25(33)29-13-11-18(12-14-29)24(32)30(21-7-5-4-6-8-21)17-20-10-9-19(15-22(20)27)23(31)16-28/h4-10,15,18H,11-14,16-17,28H2,1-3H3. The van der Waals surface area contributed by atoms with Gasteiger partial charge in [-0.25, -0.2) is 9.18 Å². The number of nitrogens with two attached hydrogens (primary N) is 1. The van der Waals surface area contributed by atoms with Crippen LogP contribution in [0.25, 0.3) is 0 Å². The molecule has 8 heteroatoms. The van der Waals surface area contributed by atoms with Crippen LogP contribution in [0.4, 0.5) is 14.9 Å². The van der Waals surface area contributed by atoms with Crippen molar-refractivity contribution in [1.82, 2.24) is 4.90 Å². The Morgan fingerprint density at radius 2 is 1.74 bits per heavy atom.